The number of phenolic OH excluding ortho intramolecular Hbond substituents is 1. The number of halogens is 3. The molecule has 0 aromatic heterocycles. The molecule has 0 heterocycles. The molecule has 0 saturated heterocycles. The maximum atomic E-state index is 13.5. The Morgan fingerprint density at radius 1 is 1.36 bits per heavy atom. The highest BCUT2D eigenvalue weighted by atomic mass is 79.9. The summed E-state index contributed by atoms with van der Waals surface area (Å²) in [4.78, 5) is 0. The maximum absolute atomic E-state index is 13.5. The molecule has 2 rings (SSSR count). The van der Waals surface area contributed by atoms with E-state index in [1.54, 1.807) is 0 Å². The van der Waals surface area contributed by atoms with Crippen molar-refractivity contribution in [1.29, 1.82) is 0 Å². The molecular weight excluding hydrogens is 258 g/mol. The van der Waals surface area contributed by atoms with Gasteiger partial charge in [0.05, 0.1) is 15.6 Å². The number of phenols is 1. The van der Waals surface area contributed by atoms with Gasteiger partial charge in [0, 0.05) is 6.07 Å². The summed E-state index contributed by atoms with van der Waals surface area (Å²) < 4.78 is 26.0. The third-order valence-electron chi connectivity index (χ3n) is 2.33. The third-order valence-corrected chi connectivity index (χ3v) is 3.06. The summed E-state index contributed by atoms with van der Waals surface area (Å²) in [7, 11) is 0. The first-order valence-corrected chi connectivity index (χ1v) is 4.84. The highest BCUT2D eigenvalue weighted by Crippen LogP contribution is 2.50. The molecule has 0 bridgehead atoms. The minimum Gasteiger partial charge on any atom is -0.507 e. The number of rotatable bonds is 1. The minimum absolute atomic E-state index is 0.217. The summed E-state index contributed by atoms with van der Waals surface area (Å²) >= 11 is 2.71. The Hall–Kier alpha value is -0.680. The Bertz CT molecular complexity index is 402. The average molecular weight is 265 g/mol. The van der Waals surface area contributed by atoms with Gasteiger partial charge in [-0.3, -0.25) is 0 Å². The van der Waals surface area contributed by atoms with Crippen LogP contribution < -0.4 is 0 Å². The molecule has 1 aliphatic carbocycles. The van der Waals surface area contributed by atoms with Crippen LogP contribution in [0.3, 0.4) is 0 Å². The molecular formula is C9H7BrF2O2. The molecule has 1 saturated carbocycles. The summed E-state index contributed by atoms with van der Waals surface area (Å²) in [5.74, 6) is -2.35. The van der Waals surface area contributed by atoms with Crippen LogP contribution in [0.5, 0.6) is 5.75 Å². The molecule has 0 spiro atoms. The Labute approximate surface area is 87.3 Å². The summed E-state index contributed by atoms with van der Waals surface area (Å²) in [6.07, 6.45) is 0.769. The van der Waals surface area contributed by atoms with Crippen molar-refractivity contribution in [2.45, 2.75) is 18.4 Å². The van der Waals surface area contributed by atoms with E-state index in [4.69, 9.17) is 0 Å². The van der Waals surface area contributed by atoms with Gasteiger partial charge in [0.15, 0.2) is 0 Å². The first-order valence-electron chi connectivity index (χ1n) is 4.05. The van der Waals surface area contributed by atoms with Crippen molar-refractivity contribution in [3.8, 4) is 5.75 Å². The van der Waals surface area contributed by atoms with Gasteiger partial charge < -0.3 is 10.2 Å². The second kappa shape index (κ2) is 2.90. The highest BCUT2D eigenvalue weighted by Gasteiger charge is 2.47. The average Bonchev–Trinajstić information content (AvgIpc) is 2.80. The van der Waals surface area contributed by atoms with Crippen molar-refractivity contribution < 1.29 is 19.0 Å². The standard InChI is InChI=1S/C9H7BrF2O2/c10-7-4(11)3-5(13)6(8(7)12)9(14)1-2-9/h3,13-14H,1-2H2. The summed E-state index contributed by atoms with van der Waals surface area (Å²) in [6, 6.07) is 0.790. The lowest BCUT2D eigenvalue weighted by Crippen LogP contribution is -2.09. The second-order valence-electron chi connectivity index (χ2n) is 3.41. The predicted octanol–water partition coefficient (Wildman–Crippen LogP) is 2.41. The zero-order valence-electron chi connectivity index (χ0n) is 7.02. The number of aromatic hydroxyl groups is 1. The van der Waals surface area contributed by atoms with Crippen LogP contribution in [-0.2, 0) is 5.60 Å². The molecule has 1 aromatic rings. The predicted molar refractivity (Wildman–Crippen MR) is 48.9 cm³/mol. The minimum atomic E-state index is -1.32. The van der Waals surface area contributed by atoms with Crippen LogP contribution in [0, 0.1) is 11.6 Å². The number of hydrogen-bond acceptors (Lipinski definition) is 2. The monoisotopic (exact) mass is 264 g/mol. The van der Waals surface area contributed by atoms with E-state index in [2.05, 4.69) is 15.9 Å². The van der Waals surface area contributed by atoms with Gasteiger partial charge in [0.1, 0.15) is 17.4 Å². The maximum Gasteiger partial charge on any atom is 0.150 e. The normalized spacial score (nSPS) is 18.3. The van der Waals surface area contributed by atoms with E-state index in [-0.39, 0.29) is 10.0 Å². The molecule has 0 radical (unpaired) electrons. The van der Waals surface area contributed by atoms with E-state index in [1.165, 1.54) is 0 Å². The fourth-order valence-electron chi connectivity index (χ4n) is 1.39. The summed E-state index contributed by atoms with van der Waals surface area (Å²) in [5.41, 5.74) is -1.53. The molecule has 5 heteroatoms. The lowest BCUT2D eigenvalue weighted by atomic mass is 10.1. The van der Waals surface area contributed by atoms with Gasteiger partial charge in [0.25, 0.3) is 0 Å². The Balaban J connectivity index is 2.65. The molecule has 2 nitrogen and oxygen atoms in total. The van der Waals surface area contributed by atoms with Crippen molar-refractivity contribution in [3.63, 3.8) is 0 Å². The van der Waals surface area contributed by atoms with E-state index in [0.29, 0.717) is 12.8 Å². The van der Waals surface area contributed by atoms with Crippen molar-refractivity contribution in [2.24, 2.45) is 0 Å². The molecule has 0 atom stereocenters. The molecule has 1 aromatic carbocycles. The van der Waals surface area contributed by atoms with Crippen LogP contribution in [0.15, 0.2) is 10.5 Å². The zero-order chi connectivity index (χ0) is 10.5. The van der Waals surface area contributed by atoms with Crippen molar-refractivity contribution in [1.82, 2.24) is 0 Å². The summed E-state index contributed by atoms with van der Waals surface area (Å²) in [6.45, 7) is 0. The lowest BCUT2D eigenvalue weighted by Gasteiger charge is -2.12. The highest BCUT2D eigenvalue weighted by molar-refractivity contribution is 9.10. The van der Waals surface area contributed by atoms with Crippen LogP contribution in [0.4, 0.5) is 8.78 Å². The Kier molecular flexibility index (Phi) is 2.04. The third kappa shape index (κ3) is 1.31. The zero-order valence-corrected chi connectivity index (χ0v) is 8.61. The smallest absolute Gasteiger partial charge is 0.150 e. The number of hydrogen-bond donors (Lipinski definition) is 2. The number of benzene rings is 1. The molecule has 76 valence electrons. The molecule has 14 heavy (non-hydrogen) atoms. The van der Waals surface area contributed by atoms with Gasteiger partial charge in [-0.05, 0) is 28.8 Å². The molecule has 1 fully saturated rings. The van der Waals surface area contributed by atoms with Crippen LogP contribution in [0.25, 0.3) is 0 Å². The van der Waals surface area contributed by atoms with Crippen LogP contribution in [-0.4, -0.2) is 10.2 Å². The van der Waals surface area contributed by atoms with E-state index in [1.807, 2.05) is 0 Å². The number of aliphatic hydroxyl groups is 1. The van der Waals surface area contributed by atoms with Crippen LogP contribution in [0.1, 0.15) is 18.4 Å². The van der Waals surface area contributed by atoms with Gasteiger partial charge in [-0.1, -0.05) is 0 Å². The fourth-order valence-corrected chi connectivity index (χ4v) is 1.71. The van der Waals surface area contributed by atoms with Crippen molar-refractivity contribution in [2.75, 3.05) is 0 Å². The molecule has 0 amide bonds. The van der Waals surface area contributed by atoms with E-state index in [9.17, 15) is 19.0 Å². The van der Waals surface area contributed by atoms with Gasteiger partial charge in [0.2, 0.25) is 0 Å². The molecule has 2 N–H and O–H groups in total. The fraction of sp³-hybridized carbons (Fsp3) is 0.333. The van der Waals surface area contributed by atoms with Crippen LogP contribution >= 0.6 is 15.9 Å². The van der Waals surface area contributed by atoms with Crippen molar-refractivity contribution >= 4 is 15.9 Å². The van der Waals surface area contributed by atoms with Crippen molar-refractivity contribution in [3.05, 3.63) is 27.7 Å². The van der Waals surface area contributed by atoms with E-state index < -0.39 is 23.0 Å². The quantitative estimate of drug-likeness (QED) is 0.765. The van der Waals surface area contributed by atoms with Gasteiger partial charge >= 0.3 is 0 Å². The summed E-state index contributed by atoms with van der Waals surface area (Å²) in [5, 5.41) is 18.9. The topological polar surface area (TPSA) is 40.5 Å². The van der Waals surface area contributed by atoms with Gasteiger partial charge in [-0.2, -0.15) is 0 Å². The Morgan fingerprint density at radius 2 is 1.93 bits per heavy atom. The molecule has 0 unspecified atom stereocenters. The van der Waals surface area contributed by atoms with Gasteiger partial charge in [-0.25, -0.2) is 8.78 Å². The van der Waals surface area contributed by atoms with E-state index in [0.717, 1.165) is 6.07 Å². The first-order chi connectivity index (χ1) is 6.46. The second-order valence-corrected chi connectivity index (χ2v) is 4.21. The lowest BCUT2D eigenvalue weighted by molar-refractivity contribution is 0.142. The van der Waals surface area contributed by atoms with E-state index >= 15 is 0 Å². The van der Waals surface area contributed by atoms with Crippen LogP contribution in [0.2, 0.25) is 0 Å². The first kappa shape index (κ1) is 9.86. The molecule has 1 aliphatic rings. The molecule has 0 aliphatic heterocycles. The largest absolute Gasteiger partial charge is 0.507 e. The Morgan fingerprint density at radius 3 is 2.43 bits per heavy atom. The van der Waals surface area contributed by atoms with Gasteiger partial charge in [-0.15, -0.1) is 0 Å². The SMILES string of the molecule is Oc1cc(F)c(Br)c(F)c1C1(O)CC1.